The lowest BCUT2D eigenvalue weighted by Crippen LogP contribution is -2.50. The van der Waals surface area contributed by atoms with E-state index in [4.69, 9.17) is 4.74 Å². The highest BCUT2D eigenvalue weighted by molar-refractivity contribution is 7.92. The van der Waals surface area contributed by atoms with Gasteiger partial charge in [0.2, 0.25) is 10.0 Å². The average Bonchev–Trinajstić information content (AvgIpc) is 3.14. The molecule has 1 aliphatic rings. The quantitative estimate of drug-likeness (QED) is 0.614. The molecular weight excluding hydrogens is 376 g/mol. The molecular formula is C20H20N4O3S. The SMILES string of the molecule is O=S(=O)(C=Cc1ccccc1)N1CC(n2cc(COc3ccccc3)nn2)C1. The lowest BCUT2D eigenvalue weighted by atomic mass is 10.2. The van der Waals surface area contributed by atoms with Crippen molar-refractivity contribution >= 4 is 16.1 Å². The van der Waals surface area contributed by atoms with Crippen molar-refractivity contribution in [2.24, 2.45) is 0 Å². The van der Waals surface area contributed by atoms with Gasteiger partial charge in [-0.25, -0.2) is 13.1 Å². The Balaban J connectivity index is 1.31. The fraction of sp³-hybridized carbons (Fsp3) is 0.200. The molecule has 0 N–H and O–H groups in total. The maximum absolute atomic E-state index is 12.4. The summed E-state index contributed by atoms with van der Waals surface area (Å²) in [6, 6.07) is 18.8. The van der Waals surface area contributed by atoms with Crippen LogP contribution in [0.15, 0.2) is 72.3 Å². The van der Waals surface area contributed by atoms with E-state index >= 15 is 0 Å². The van der Waals surface area contributed by atoms with E-state index in [-0.39, 0.29) is 6.04 Å². The number of aromatic nitrogens is 3. The molecule has 0 saturated carbocycles. The molecule has 1 aromatic heterocycles. The minimum atomic E-state index is -3.44. The highest BCUT2D eigenvalue weighted by Crippen LogP contribution is 2.25. The van der Waals surface area contributed by atoms with Crippen molar-refractivity contribution in [3.63, 3.8) is 0 Å². The first-order chi connectivity index (χ1) is 13.6. The second-order valence-corrected chi connectivity index (χ2v) is 8.34. The summed E-state index contributed by atoms with van der Waals surface area (Å²) in [6.45, 7) is 1.08. The predicted octanol–water partition coefficient (Wildman–Crippen LogP) is 2.71. The Labute approximate surface area is 163 Å². The molecule has 4 rings (SSSR count). The molecule has 144 valence electrons. The van der Waals surface area contributed by atoms with E-state index < -0.39 is 10.0 Å². The Bertz CT molecular complexity index is 1040. The van der Waals surface area contributed by atoms with Gasteiger partial charge in [0.05, 0.1) is 12.2 Å². The molecule has 2 aromatic carbocycles. The fourth-order valence-corrected chi connectivity index (χ4v) is 4.10. The summed E-state index contributed by atoms with van der Waals surface area (Å²) in [5.74, 6) is 0.767. The number of nitrogens with zero attached hydrogens (tertiary/aromatic N) is 4. The van der Waals surface area contributed by atoms with Crippen molar-refractivity contribution in [2.75, 3.05) is 13.1 Å². The maximum atomic E-state index is 12.4. The van der Waals surface area contributed by atoms with Gasteiger partial charge in [0.25, 0.3) is 0 Å². The first-order valence-electron chi connectivity index (χ1n) is 8.92. The minimum Gasteiger partial charge on any atom is -0.487 e. The minimum absolute atomic E-state index is 0.0159. The Morgan fingerprint density at radius 2 is 1.71 bits per heavy atom. The molecule has 1 saturated heterocycles. The van der Waals surface area contributed by atoms with Gasteiger partial charge in [0, 0.05) is 18.5 Å². The van der Waals surface area contributed by atoms with Gasteiger partial charge in [0.15, 0.2) is 0 Å². The number of rotatable bonds is 7. The van der Waals surface area contributed by atoms with Crippen molar-refractivity contribution < 1.29 is 13.2 Å². The van der Waals surface area contributed by atoms with E-state index in [0.29, 0.717) is 25.4 Å². The van der Waals surface area contributed by atoms with Gasteiger partial charge >= 0.3 is 0 Å². The third-order valence-electron chi connectivity index (χ3n) is 4.48. The lowest BCUT2D eigenvalue weighted by molar-refractivity contribution is 0.191. The van der Waals surface area contributed by atoms with Crippen LogP contribution in [-0.2, 0) is 16.6 Å². The standard InChI is InChI=1S/C20H20N4O3S/c25-28(26,12-11-17-7-3-1-4-8-17)23-14-19(15-23)24-13-18(21-22-24)16-27-20-9-5-2-6-10-20/h1-13,19H,14-16H2. The highest BCUT2D eigenvalue weighted by atomic mass is 32.2. The van der Waals surface area contributed by atoms with Crippen LogP contribution in [0.4, 0.5) is 0 Å². The Morgan fingerprint density at radius 3 is 2.43 bits per heavy atom. The van der Waals surface area contributed by atoms with Crippen LogP contribution in [0.5, 0.6) is 5.75 Å². The van der Waals surface area contributed by atoms with E-state index in [1.165, 1.54) is 9.71 Å². The zero-order valence-corrected chi connectivity index (χ0v) is 15.9. The topological polar surface area (TPSA) is 77.3 Å². The van der Waals surface area contributed by atoms with Crippen LogP contribution in [0.2, 0.25) is 0 Å². The van der Waals surface area contributed by atoms with Gasteiger partial charge in [-0.2, -0.15) is 4.31 Å². The van der Waals surface area contributed by atoms with Crippen LogP contribution in [0.1, 0.15) is 17.3 Å². The van der Waals surface area contributed by atoms with Crippen molar-refractivity contribution in [2.45, 2.75) is 12.6 Å². The number of hydrogen-bond donors (Lipinski definition) is 0. The lowest BCUT2D eigenvalue weighted by Gasteiger charge is -2.36. The molecule has 2 heterocycles. The van der Waals surface area contributed by atoms with E-state index in [1.807, 2.05) is 60.7 Å². The zero-order chi connectivity index (χ0) is 19.4. The molecule has 7 nitrogen and oxygen atoms in total. The summed E-state index contributed by atoms with van der Waals surface area (Å²) in [4.78, 5) is 0. The second-order valence-electron chi connectivity index (χ2n) is 6.52. The van der Waals surface area contributed by atoms with Crippen LogP contribution in [0.25, 0.3) is 6.08 Å². The molecule has 0 bridgehead atoms. The average molecular weight is 396 g/mol. The molecule has 0 aliphatic carbocycles. The number of sulfonamides is 1. The van der Waals surface area contributed by atoms with Gasteiger partial charge in [-0.1, -0.05) is 53.7 Å². The molecule has 1 aliphatic heterocycles. The van der Waals surface area contributed by atoms with Crippen molar-refractivity contribution in [1.82, 2.24) is 19.3 Å². The Kier molecular flexibility index (Phi) is 5.23. The van der Waals surface area contributed by atoms with Crippen molar-refractivity contribution in [3.8, 4) is 5.75 Å². The normalized spacial score (nSPS) is 15.6. The van der Waals surface area contributed by atoms with E-state index in [0.717, 1.165) is 11.3 Å². The maximum Gasteiger partial charge on any atom is 0.236 e. The van der Waals surface area contributed by atoms with Gasteiger partial charge < -0.3 is 4.74 Å². The number of benzene rings is 2. The number of hydrogen-bond acceptors (Lipinski definition) is 5. The van der Waals surface area contributed by atoms with E-state index in [1.54, 1.807) is 17.0 Å². The van der Waals surface area contributed by atoms with Crippen LogP contribution in [0, 0.1) is 0 Å². The van der Waals surface area contributed by atoms with Crippen LogP contribution >= 0.6 is 0 Å². The third-order valence-corrected chi connectivity index (χ3v) is 5.98. The molecule has 0 amide bonds. The summed E-state index contributed by atoms with van der Waals surface area (Å²) in [7, 11) is -3.44. The smallest absolute Gasteiger partial charge is 0.236 e. The Hall–Kier alpha value is -2.97. The fourth-order valence-electron chi connectivity index (χ4n) is 2.84. The predicted molar refractivity (Wildman–Crippen MR) is 106 cm³/mol. The monoisotopic (exact) mass is 396 g/mol. The Morgan fingerprint density at radius 1 is 1.04 bits per heavy atom. The van der Waals surface area contributed by atoms with Crippen LogP contribution in [0.3, 0.4) is 0 Å². The second kappa shape index (κ2) is 7.95. The summed E-state index contributed by atoms with van der Waals surface area (Å²) < 4.78 is 33.6. The van der Waals surface area contributed by atoms with E-state index in [2.05, 4.69) is 10.3 Å². The number of para-hydroxylation sites is 1. The summed E-state index contributed by atoms with van der Waals surface area (Å²) in [6.07, 6.45) is 3.41. The molecule has 3 aromatic rings. The number of ether oxygens (including phenoxy) is 1. The summed E-state index contributed by atoms with van der Waals surface area (Å²) in [5, 5.41) is 9.46. The first-order valence-corrected chi connectivity index (χ1v) is 10.4. The van der Waals surface area contributed by atoms with Gasteiger partial charge in [-0.05, 0) is 23.8 Å². The summed E-state index contributed by atoms with van der Waals surface area (Å²) >= 11 is 0. The van der Waals surface area contributed by atoms with Crippen LogP contribution in [-0.4, -0.2) is 40.8 Å². The van der Waals surface area contributed by atoms with Crippen molar-refractivity contribution in [1.29, 1.82) is 0 Å². The summed E-state index contributed by atoms with van der Waals surface area (Å²) in [5.41, 5.74) is 1.55. The van der Waals surface area contributed by atoms with Gasteiger partial charge in [-0.3, -0.25) is 0 Å². The van der Waals surface area contributed by atoms with Crippen molar-refractivity contribution in [3.05, 3.63) is 83.5 Å². The molecule has 1 fully saturated rings. The molecule has 0 spiro atoms. The highest BCUT2D eigenvalue weighted by Gasteiger charge is 2.36. The van der Waals surface area contributed by atoms with E-state index in [9.17, 15) is 8.42 Å². The van der Waals surface area contributed by atoms with Gasteiger partial charge in [0.1, 0.15) is 18.1 Å². The van der Waals surface area contributed by atoms with Gasteiger partial charge in [-0.15, -0.1) is 5.10 Å². The zero-order valence-electron chi connectivity index (χ0n) is 15.1. The molecule has 8 heteroatoms. The first kappa shape index (κ1) is 18.4. The largest absolute Gasteiger partial charge is 0.487 e. The molecule has 0 atom stereocenters. The third kappa shape index (κ3) is 4.29. The molecule has 28 heavy (non-hydrogen) atoms. The van der Waals surface area contributed by atoms with Crippen LogP contribution < -0.4 is 4.74 Å². The molecule has 0 radical (unpaired) electrons. The molecule has 0 unspecified atom stereocenters.